The highest BCUT2D eigenvalue weighted by molar-refractivity contribution is 5.82. The van der Waals surface area contributed by atoms with Crippen LogP contribution in [0.4, 0.5) is 4.79 Å². The zero-order valence-corrected chi connectivity index (χ0v) is 17.7. The third kappa shape index (κ3) is 7.63. The van der Waals surface area contributed by atoms with Gasteiger partial charge in [-0.1, -0.05) is 12.1 Å². The highest BCUT2D eigenvalue weighted by Gasteiger charge is 2.23. The normalized spacial score (nSPS) is 14.8. The predicted molar refractivity (Wildman–Crippen MR) is 109 cm³/mol. The Balaban J connectivity index is 1.82. The van der Waals surface area contributed by atoms with Crippen LogP contribution in [0.5, 0.6) is 5.75 Å². The van der Waals surface area contributed by atoms with E-state index in [0.717, 1.165) is 11.3 Å². The van der Waals surface area contributed by atoms with Crippen LogP contribution >= 0.6 is 0 Å². The SMILES string of the molecule is COc1cccc(CC(=O)N2CCCN(C(=O)CNC(=O)OC(C)(C)C)CC2)c1. The van der Waals surface area contributed by atoms with Gasteiger partial charge in [-0.25, -0.2) is 4.79 Å². The molecular formula is C21H31N3O5. The Hall–Kier alpha value is -2.77. The number of ether oxygens (including phenoxy) is 2. The van der Waals surface area contributed by atoms with Gasteiger partial charge in [0.1, 0.15) is 17.9 Å². The fraction of sp³-hybridized carbons (Fsp3) is 0.571. The van der Waals surface area contributed by atoms with Crippen LogP contribution < -0.4 is 10.1 Å². The molecule has 8 nitrogen and oxygen atoms in total. The average Bonchev–Trinajstić information content (AvgIpc) is 2.91. The molecule has 160 valence electrons. The van der Waals surface area contributed by atoms with Gasteiger partial charge in [0.25, 0.3) is 0 Å². The molecule has 0 bridgehead atoms. The first-order chi connectivity index (χ1) is 13.7. The topological polar surface area (TPSA) is 88.2 Å². The average molecular weight is 405 g/mol. The number of alkyl carbamates (subject to hydrolysis) is 1. The van der Waals surface area contributed by atoms with E-state index < -0.39 is 11.7 Å². The second-order valence-corrected chi connectivity index (χ2v) is 8.00. The molecule has 0 radical (unpaired) electrons. The van der Waals surface area contributed by atoms with Crippen molar-refractivity contribution in [3.8, 4) is 5.75 Å². The first kappa shape index (κ1) is 22.5. The molecule has 1 aromatic carbocycles. The Morgan fingerprint density at radius 2 is 1.69 bits per heavy atom. The summed E-state index contributed by atoms with van der Waals surface area (Å²) in [5.74, 6) is 0.567. The molecule has 0 spiro atoms. The number of nitrogens with zero attached hydrogens (tertiary/aromatic N) is 2. The molecule has 2 rings (SSSR count). The Morgan fingerprint density at radius 1 is 1.03 bits per heavy atom. The van der Waals surface area contributed by atoms with Crippen molar-refractivity contribution in [1.29, 1.82) is 0 Å². The predicted octanol–water partition coefficient (Wildman–Crippen LogP) is 1.82. The van der Waals surface area contributed by atoms with E-state index in [2.05, 4.69) is 5.32 Å². The minimum absolute atomic E-state index is 0.0273. The number of amides is 3. The second kappa shape index (κ2) is 10.1. The summed E-state index contributed by atoms with van der Waals surface area (Å²) in [5.41, 5.74) is 0.285. The Labute approximate surface area is 172 Å². The van der Waals surface area contributed by atoms with Crippen LogP contribution in [0.3, 0.4) is 0 Å². The standard InChI is InChI=1S/C21H31N3O5/c1-21(2,3)29-20(27)22-15-19(26)24-10-6-9-23(11-12-24)18(25)14-16-7-5-8-17(13-16)28-4/h5,7-8,13H,6,9-12,14-15H2,1-4H3,(H,22,27). The van der Waals surface area contributed by atoms with Crippen LogP contribution in [0.15, 0.2) is 24.3 Å². The summed E-state index contributed by atoms with van der Waals surface area (Å²) in [7, 11) is 1.60. The van der Waals surface area contributed by atoms with E-state index in [4.69, 9.17) is 9.47 Å². The zero-order valence-electron chi connectivity index (χ0n) is 17.7. The molecule has 1 aromatic rings. The first-order valence-electron chi connectivity index (χ1n) is 9.83. The molecule has 1 aliphatic heterocycles. The maximum absolute atomic E-state index is 12.7. The quantitative estimate of drug-likeness (QED) is 0.807. The summed E-state index contributed by atoms with van der Waals surface area (Å²) in [6.45, 7) is 7.25. The van der Waals surface area contributed by atoms with E-state index in [-0.39, 0.29) is 18.4 Å². The second-order valence-electron chi connectivity index (χ2n) is 8.00. The number of hydrogen-bond acceptors (Lipinski definition) is 5. The minimum atomic E-state index is -0.615. The maximum atomic E-state index is 12.7. The van der Waals surface area contributed by atoms with E-state index >= 15 is 0 Å². The monoisotopic (exact) mass is 405 g/mol. The lowest BCUT2D eigenvalue weighted by Gasteiger charge is -2.23. The molecule has 0 aliphatic carbocycles. The molecule has 29 heavy (non-hydrogen) atoms. The summed E-state index contributed by atoms with van der Waals surface area (Å²) in [6, 6.07) is 7.46. The van der Waals surface area contributed by atoms with Crippen molar-refractivity contribution in [2.24, 2.45) is 0 Å². The van der Waals surface area contributed by atoms with Crippen LogP contribution in [0.1, 0.15) is 32.8 Å². The highest BCUT2D eigenvalue weighted by atomic mass is 16.6. The van der Waals surface area contributed by atoms with E-state index in [1.165, 1.54) is 0 Å². The van der Waals surface area contributed by atoms with Crippen molar-refractivity contribution in [3.05, 3.63) is 29.8 Å². The Bertz CT molecular complexity index is 729. The lowest BCUT2D eigenvalue weighted by atomic mass is 10.1. The highest BCUT2D eigenvalue weighted by Crippen LogP contribution is 2.14. The van der Waals surface area contributed by atoms with Gasteiger partial charge in [-0.15, -0.1) is 0 Å². The number of carbonyl (C=O) groups is 3. The van der Waals surface area contributed by atoms with E-state index in [1.54, 1.807) is 37.7 Å². The summed E-state index contributed by atoms with van der Waals surface area (Å²) < 4.78 is 10.3. The smallest absolute Gasteiger partial charge is 0.408 e. The van der Waals surface area contributed by atoms with Crippen molar-refractivity contribution in [1.82, 2.24) is 15.1 Å². The van der Waals surface area contributed by atoms with Crippen molar-refractivity contribution < 1.29 is 23.9 Å². The molecule has 1 saturated heterocycles. The largest absolute Gasteiger partial charge is 0.497 e. The number of hydrogen-bond donors (Lipinski definition) is 1. The minimum Gasteiger partial charge on any atom is -0.497 e. The molecule has 1 N–H and O–H groups in total. The van der Waals surface area contributed by atoms with Gasteiger partial charge >= 0.3 is 6.09 Å². The fourth-order valence-electron chi connectivity index (χ4n) is 3.06. The van der Waals surface area contributed by atoms with Gasteiger partial charge in [0.2, 0.25) is 11.8 Å². The van der Waals surface area contributed by atoms with Gasteiger partial charge < -0.3 is 24.6 Å². The Kier molecular flexibility index (Phi) is 7.87. The van der Waals surface area contributed by atoms with Crippen LogP contribution in [0.25, 0.3) is 0 Å². The molecule has 1 fully saturated rings. The number of methoxy groups -OCH3 is 1. The molecular weight excluding hydrogens is 374 g/mol. The summed E-state index contributed by atoms with van der Waals surface area (Å²) >= 11 is 0. The van der Waals surface area contributed by atoms with E-state index in [1.807, 2.05) is 24.3 Å². The van der Waals surface area contributed by atoms with Crippen molar-refractivity contribution in [3.63, 3.8) is 0 Å². The van der Waals surface area contributed by atoms with E-state index in [0.29, 0.717) is 39.0 Å². The number of carbonyl (C=O) groups excluding carboxylic acids is 3. The molecule has 0 unspecified atom stereocenters. The number of rotatable bonds is 5. The Morgan fingerprint density at radius 3 is 2.31 bits per heavy atom. The van der Waals surface area contributed by atoms with Gasteiger partial charge in [-0.2, -0.15) is 0 Å². The van der Waals surface area contributed by atoms with E-state index in [9.17, 15) is 14.4 Å². The molecule has 1 heterocycles. The van der Waals surface area contributed by atoms with Crippen molar-refractivity contribution in [2.45, 2.75) is 39.2 Å². The van der Waals surface area contributed by atoms with Crippen LogP contribution in [0.2, 0.25) is 0 Å². The molecule has 0 aromatic heterocycles. The van der Waals surface area contributed by atoms with Gasteiger partial charge in [0.05, 0.1) is 13.5 Å². The molecule has 3 amide bonds. The maximum Gasteiger partial charge on any atom is 0.408 e. The van der Waals surface area contributed by atoms with Crippen LogP contribution in [0, 0.1) is 0 Å². The fourth-order valence-corrected chi connectivity index (χ4v) is 3.06. The van der Waals surface area contributed by atoms with Gasteiger partial charge in [0, 0.05) is 26.2 Å². The molecule has 0 atom stereocenters. The lowest BCUT2D eigenvalue weighted by Crippen LogP contribution is -2.43. The van der Waals surface area contributed by atoms with Crippen LogP contribution in [-0.4, -0.2) is 73.1 Å². The van der Waals surface area contributed by atoms with Crippen molar-refractivity contribution >= 4 is 17.9 Å². The van der Waals surface area contributed by atoms with Crippen molar-refractivity contribution in [2.75, 3.05) is 39.8 Å². The summed E-state index contributed by atoms with van der Waals surface area (Å²) in [4.78, 5) is 40.2. The summed E-state index contributed by atoms with van der Waals surface area (Å²) in [6.07, 6.45) is 0.378. The summed E-state index contributed by atoms with van der Waals surface area (Å²) in [5, 5.41) is 2.49. The third-order valence-electron chi connectivity index (χ3n) is 4.47. The first-order valence-corrected chi connectivity index (χ1v) is 9.83. The molecule has 1 aliphatic rings. The zero-order chi connectivity index (χ0) is 21.4. The lowest BCUT2D eigenvalue weighted by molar-refractivity contribution is -0.132. The third-order valence-corrected chi connectivity index (χ3v) is 4.47. The molecule has 8 heteroatoms. The van der Waals surface area contributed by atoms with Crippen LogP contribution in [-0.2, 0) is 20.7 Å². The van der Waals surface area contributed by atoms with Gasteiger partial charge in [-0.3, -0.25) is 9.59 Å². The molecule has 0 saturated carbocycles. The number of benzene rings is 1. The van der Waals surface area contributed by atoms with Gasteiger partial charge in [0.15, 0.2) is 0 Å². The number of nitrogens with one attached hydrogen (secondary N) is 1. The van der Waals surface area contributed by atoms with Gasteiger partial charge in [-0.05, 0) is 44.9 Å².